The highest BCUT2D eigenvalue weighted by molar-refractivity contribution is 5.91. The van der Waals surface area contributed by atoms with Gasteiger partial charge in [0.2, 0.25) is 0 Å². The lowest BCUT2D eigenvalue weighted by atomic mass is 9.90. The van der Waals surface area contributed by atoms with Crippen molar-refractivity contribution >= 4 is 11.8 Å². The van der Waals surface area contributed by atoms with E-state index in [2.05, 4.69) is 5.32 Å². The van der Waals surface area contributed by atoms with Gasteiger partial charge in [0, 0.05) is 6.54 Å². The molecule has 1 unspecified atom stereocenters. The van der Waals surface area contributed by atoms with Gasteiger partial charge >= 0.3 is 0 Å². The van der Waals surface area contributed by atoms with E-state index >= 15 is 0 Å². The van der Waals surface area contributed by atoms with Gasteiger partial charge in [-0.2, -0.15) is 0 Å². The maximum absolute atomic E-state index is 12.8. The number of carbonyl (C=O) groups is 2. The molecule has 7 nitrogen and oxygen atoms in total. The van der Waals surface area contributed by atoms with E-state index in [4.69, 9.17) is 4.42 Å². The van der Waals surface area contributed by atoms with E-state index in [1.165, 1.54) is 11.8 Å². The lowest BCUT2D eigenvalue weighted by Crippen LogP contribution is -2.52. The molecule has 0 radical (unpaired) electrons. The molecule has 0 saturated carbocycles. The third-order valence-corrected chi connectivity index (χ3v) is 4.92. The van der Waals surface area contributed by atoms with E-state index < -0.39 is 24.0 Å². The lowest BCUT2D eigenvalue weighted by molar-refractivity contribution is -0.155. The maximum atomic E-state index is 12.8. The average Bonchev–Trinajstić information content (AvgIpc) is 3.23. The largest absolute Gasteiger partial charge is 0.467 e. The van der Waals surface area contributed by atoms with Gasteiger partial charge in [-0.15, -0.1) is 0 Å². The fourth-order valence-corrected chi connectivity index (χ4v) is 3.50. The third-order valence-electron chi connectivity index (χ3n) is 4.92. The minimum Gasteiger partial charge on any atom is -0.467 e. The zero-order valence-electron chi connectivity index (χ0n) is 15.2. The summed E-state index contributed by atoms with van der Waals surface area (Å²) < 4.78 is 5.09. The Bertz CT molecular complexity index is 789. The molecule has 1 aromatic carbocycles. The van der Waals surface area contributed by atoms with E-state index in [0.717, 1.165) is 5.56 Å². The van der Waals surface area contributed by atoms with Gasteiger partial charge in [0.1, 0.15) is 5.76 Å². The number of hydrogen-bond donors (Lipinski definition) is 3. The molecular weight excluding hydrogens is 348 g/mol. The number of aliphatic hydroxyl groups is 2. The van der Waals surface area contributed by atoms with Crippen LogP contribution in [0.2, 0.25) is 0 Å². The van der Waals surface area contributed by atoms with E-state index in [9.17, 15) is 19.8 Å². The molecule has 3 atom stereocenters. The Balaban J connectivity index is 1.66. The Hall–Kier alpha value is -2.64. The Morgan fingerprint density at radius 2 is 2.00 bits per heavy atom. The molecule has 0 aliphatic carbocycles. The number of nitrogens with zero attached hydrogens (tertiary/aromatic N) is 1. The molecule has 2 aromatic rings. The van der Waals surface area contributed by atoms with Crippen molar-refractivity contribution in [1.82, 2.24) is 10.2 Å². The summed E-state index contributed by atoms with van der Waals surface area (Å²) in [5.41, 5.74) is 2.23. The highest BCUT2D eigenvalue weighted by Crippen LogP contribution is 2.32. The van der Waals surface area contributed by atoms with Gasteiger partial charge in [0.05, 0.1) is 18.8 Å². The van der Waals surface area contributed by atoms with Crippen LogP contribution in [0.25, 0.3) is 0 Å². The average molecular weight is 372 g/mol. The lowest BCUT2D eigenvalue weighted by Gasteiger charge is -2.38. The minimum atomic E-state index is -1.85. The smallest absolute Gasteiger partial charge is 0.255 e. The number of hydrogen-bond acceptors (Lipinski definition) is 5. The monoisotopic (exact) mass is 372 g/mol. The van der Waals surface area contributed by atoms with Crippen molar-refractivity contribution in [3.63, 3.8) is 0 Å². The zero-order chi connectivity index (χ0) is 19.4. The third kappa shape index (κ3) is 4.04. The number of furan rings is 1. The van der Waals surface area contributed by atoms with E-state index in [-0.39, 0.29) is 12.6 Å². The van der Waals surface area contributed by atoms with Crippen LogP contribution in [0.1, 0.15) is 36.3 Å². The molecule has 144 valence electrons. The normalized spacial score (nSPS) is 18.5. The highest BCUT2D eigenvalue weighted by Gasteiger charge is 2.37. The Labute approximate surface area is 157 Å². The van der Waals surface area contributed by atoms with Crippen LogP contribution in [-0.4, -0.2) is 45.7 Å². The van der Waals surface area contributed by atoms with Gasteiger partial charge in [-0.1, -0.05) is 31.2 Å². The molecule has 0 bridgehead atoms. The van der Waals surface area contributed by atoms with Crippen LogP contribution in [0.5, 0.6) is 0 Å². The molecule has 1 aliphatic rings. The summed E-state index contributed by atoms with van der Waals surface area (Å²) >= 11 is 0. The van der Waals surface area contributed by atoms with Crippen LogP contribution in [0.3, 0.4) is 0 Å². The molecule has 0 saturated heterocycles. The first-order valence-electron chi connectivity index (χ1n) is 9.07. The summed E-state index contributed by atoms with van der Waals surface area (Å²) in [7, 11) is 0. The van der Waals surface area contributed by atoms with Crippen LogP contribution >= 0.6 is 0 Å². The van der Waals surface area contributed by atoms with Crippen LogP contribution in [0.4, 0.5) is 0 Å². The van der Waals surface area contributed by atoms with Crippen molar-refractivity contribution in [2.45, 2.75) is 44.6 Å². The second kappa shape index (κ2) is 8.37. The van der Waals surface area contributed by atoms with Crippen LogP contribution in [-0.2, 0) is 22.6 Å². The molecule has 3 rings (SSSR count). The SMILES string of the molecule is CCC1c2ccccc2CCN1C(=O)[C@H](O)[C@@H](O)C(=O)NCc1ccco1. The summed E-state index contributed by atoms with van der Waals surface area (Å²) in [5, 5.41) is 22.9. The summed E-state index contributed by atoms with van der Waals surface area (Å²) in [6, 6.07) is 11.1. The molecule has 27 heavy (non-hydrogen) atoms. The van der Waals surface area contributed by atoms with Crippen LogP contribution < -0.4 is 5.32 Å². The number of aliphatic hydroxyl groups excluding tert-OH is 2. The number of nitrogens with one attached hydrogen (secondary N) is 1. The van der Waals surface area contributed by atoms with Gasteiger partial charge in [0.25, 0.3) is 11.8 Å². The van der Waals surface area contributed by atoms with Crippen molar-refractivity contribution < 1.29 is 24.2 Å². The van der Waals surface area contributed by atoms with E-state index in [0.29, 0.717) is 25.1 Å². The Morgan fingerprint density at radius 1 is 1.22 bits per heavy atom. The molecule has 7 heteroatoms. The maximum Gasteiger partial charge on any atom is 0.255 e. The van der Waals surface area contributed by atoms with Crippen molar-refractivity contribution in [1.29, 1.82) is 0 Å². The first-order chi connectivity index (χ1) is 13.0. The zero-order valence-corrected chi connectivity index (χ0v) is 15.2. The van der Waals surface area contributed by atoms with E-state index in [1.807, 2.05) is 31.2 Å². The summed E-state index contributed by atoms with van der Waals surface area (Å²) in [6.45, 7) is 2.47. The quantitative estimate of drug-likeness (QED) is 0.706. The first kappa shape index (κ1) is 19.1. The first-order valence-corrected chi connectivity index (χ1v) is 9.07. The number of fused-ring (bicyclic) bond motifs is 1. The molecule has 0 fully saturated rings. The standard InChI is InChI=1S/C20H24N2O5/c1-2-16-15-8-4-3-6-13(15)9-10-22(16)20(26)18(24)17(23)19(25)21-12-14-7-5-11-27-14/h3-8,11,16-18,23-24H,2,9-10,12H2,1H3,(H,21,25)/t16?,17-,18-/m1/s1. The van der Waals surface area contributed by atoms with Crippen molar-refractivity contribution in [2.24, 2.45) is 0 Å². The van der Waals surface area contributed by atoms with Crippen molar-refractivity contribution in [2.75, 3.05) is 6.54 Å². The second-order valence-electron chi connectivity index (χ2n) is 6.59. The summed E-state index contributed by atoms with van der Waals surface area (Å²) in [6.07, 6.45) is -0.847. The van der Waals surface area contributed by atoms with Crippen LogP contribution in [0, 0.1) is 0 Å². The molecule has 0 spiro atoms. The van der Waals surface area contributed by atoms with Crippen molar-refractivity contribution in [3.8, 4) is 0 Å². The topological polar surface area (TPSA) is 103 Å². The van der Waals surface area contributed by atoms with Gasteiger partial charge in [0.15, 0.2) is 12.2 Å². The number of benzene rings is 1. The number of carbonyl (C=O) groups excluding carboxylic acids is 2. The van der Waals surface area contributed by atoms with Crippen LogP contribution in [0.15, 0.2) is 47.1 Å². The van der Waals surface area contributed by atoms with Gasteiger partial charge < -0.3 is 24.8 Å². The van der Waals surface area contributed by atoms with Gasteiger partial charge in [-0.25, -0.2) is 0 Å². The number of amides is 2. The van der Waals surface area contributed by atoms with Gasteiger partial charge in [-0.3, -0.25) is 9.59 Å². The molecule has 1 aromatic heterocycles. The molecule has 1 aliphatic heterocycles. The minimum absolute atomic E-state index is 0.0679. The van der Waals surface area contributed by atoms with E-state index in [1.54, 1.807) is 17.0 Å². The predicted molar refractivity (Wildman–Crippen MR) is 97.5 cm³/mol. The van der Waals surface area contributed by atoms with Crippen molar-refractivity contribution in [3.05, 3.63) is 59.5 Å². The fraction of sp³-hybridized carbons (Fsp3) is 0.400. The second-order valence-corrected chi connectivity index (χ2v) is 6.59. The molecule has 3 N–H and O–H groups in total. The number of rotatable bonds is 6. The molecule has 2 amide bonds. The predicted octanol–water partition coefficient (Wildman–Crippen LogP) is 1.15. The fourth-order valence-electron chi connectivity index (χ4n) is 3.50. The van der Waals surface area contributed by atoms with Gasteiger partial charge in [-0.05, 0) is 36.1 Å². The summed E-state index contributed by atoms with van der Waals surface area (Å²) in [5.74, 6) is -0.954. The molecule has 2 heterocycles. The Morgan fingerprint density at radius 3 is 2.70 bits per heavy atom. The molecular formula is C20H24N2O5. The Kier molecular flexibility index (Phi) is 5.93. The highest BCUT2D eigenvalue weighted by atomic mass is 16.3. The summed E-state index contributed by atoms with van der Waals surface area (Å²) in [4.78, 5) is 26.4.